The maximum absolute atomic E-state index is 14.5. The highest BCUT2D eigenvalue weighted by Crippen LogP contribution is 2.50. The molecule has 24 heteroatoms. The molecule has 3 fully saturated rings. The van der Waals surface area contributed by atoms with E-state index in [4.69, 9.17) is 38.1 Å². The minimum absolute atomic E-state index is 0.122. The third kappa shape index (κ3) is 9.68. The van der Waals surface area contributed by atoms with E-state index < -0.39 is 118 Å². The SMILES string of the molecule is CC(C)(C)OC(=O)Nc1nc(/C(=N/OC2(C(=O)OC(C)(C)C)CC2)C(=O)N[C@H]2CON(C3(C(=O)OC(C)(C)C)C[C@H](N4C(=O)c5cc6c(cc5C4=O)OC(c4ccccc4)(c4ccccc4)O6)C(=O)O3)C2=O)ns1. The molecule has 5 heterocycles. The van der Waals surface area contributed by atoms with E-state index in [1.54, 1.807) is 41.5 Å². The van der Waals surface area contributed by atoms with Gasteiger partial charge in [-0.3, -0.25) is 34.2 Å². The molecule has 0 radical (unpaired) electrons. The predicted molar refractivity (Wildman–Crippen MR) is 255 cm³/mol. The molecule has 2 N–H and O–H groups in total. The number of hydroxylamine groups is 2. The fourth-order valence-corrected chi connectivity index (χ4v) is 8.75. The van der Waals surface area contributed by atoms with Crippen molar-refractivity contribution in [2.45, 2.75) is 128 Å². The first-order valence-corrected chi connectivity index (χ1v) is 24.1. The van der Waals surface area contributed by atoms with Gasteiger partial charge in [-0.2, -0.15) is 14.4 Å². The summed E-state index contributed by atoms with van der Waals surface area (Å²) in [5, 5.41) is 9.12. The summed E-state index contributed by atoms with van der Waals surface area (Å²) in [6.45, 7) is 13.8. The van der Waals surface area contributed by atoms with Crippen molar-refractivity contribution in [2.75, 3.05) is 11.9 Å². The first kappa shape index (κ1) is 50.9. The van der Waals surface area contributed by atoms with E-state index in [1.807, 2.05) is 60.7 Å². The van der Waals surface area contributed by atoms with E-state index in [9.17, 15) is 38.4 Å². The molecule has 3 atom stereocenters. The first-order chi connectivity index (χ1) is 34.7. The van der Waals surface area contributed by atoms with Crippen LogP contribution in [0.4, 0.5) is 9.93 Å². The summed E-state index contributed by atoms with van der Waals surface area (Å²) >= 11 is 0.646. The summed E-state index contributed by atoms with van der Waals surface area (Å²) in [6.07, 6.45) is -1.38. The van der Waals surface area contributed by atoms with Crippen LogP contribution in [0, 0.1) is 0 Å². The predicted octanol–water partition coefficient (Wildman–Crippen LogP) is 5.06. The number of oxime groups is 1. The van der Waals surface area contributed by atoms with Gasteiger partial charge in [-0.25, -0.2) is 19.2 Å². The van der Waals surface area contributed by atoms with Gasteiger partial charge in [0.15, 0.2) is 11.5 Å². The molecule has 1 unspecified atom stereocenters. The number of anilines is 1. The van der Waals surface area contributed by atoms with Crippen molar-refractivity contribution in [1.29, 1.82) is 0 Å². The van der Waals surface area contributed by atoms with Crippen molar-refractivity contribution in [3.8, 4) is 11.5 Å². The quantitative estimate of drug-likeness (QED) is 0.0616. The van der Waals surface area contributed by atoms with Gasteiger partial charge in [0.1, 0.15) is 35.5 Å². The normalized spacial score (nSPS) is 21.7. The van der Waals surface area contributed by atoms with Gasteiger partial charge in [-0.15, -0.1) is 0 Å². The number of nitrogens with one attached hydrogen (secondary N) is 2. The van der Waals surface area contributed by atoms with Gasteiger partial charge < -0.3 is 38.6 Å². The van der Waals surface area contributed by atoms with Gasteiger partial charge in [0.05, 0.1) is 17.5 Å². The number of carbonyl (C=O) groups is 8. The van der Waals surface area contributed by atoms with Crippen molar-refractivity contribution in [1.82, 2.24) is 24.6 Å². The van der Waals surface area contributed by atoms with E-state index >= 15 is 0 Å². The Kier molecular flexibility index (Phi) is 12.5. The number of benzene rings is 3. The molecule has 1 aromatic heterocycles. The lowest BCUT2D eigenvalue weighted by atomic mass is 9.97. The minimum Gasteiger partial charge on any atom is -0.457 e. The van der Waals surface area contributed by atoms with Crippen LogP contribution in [-0.4, -0.2) is 119 Å². The topological polar surface area (TPSA) is 279 Å². The number of nitrogens with zero attached hydrogens (tertiary/aromatic N) is 5. The summed E-state index contributed by atoms with van der Waals surface area (Å²) in [7, 11) is 0. The smallest absolute Gasteiger partial charge is 0.414 e. The number of hydrogen-bond donors (Lipinski definition) is 2. The minimum atomic E-state index is -2.76. The fraction of sp³-hybridized carbons (Fsp3) is 0.420. The van der Waals surface area contributed by atoms with E-state index in [0.717, 1.165) is 0 Å². The molecule has 2 saturated heterocycles. The second-order valence-corrected chi connectivity index (χ2v) is 21.6. The number of fused-ring (bicyclic) bond motifs is 2. The van der Waals surface area contributed by atoms with Gasteiger partial charge in [0, 0.05) is 35.5 Å². The Balaban J connectivity index is 0.969. The Labute approximate surface area is 426 Å². The van der Waals surface area contributed by atoms with Gasteiger partial charge >= 0.3 is 35.5 Å². The van der Waals surface area contributed by atoms with Crippen molar-refractivity contribution < 1.29 is 76.5 Å². The Hall–Kier alpha value is -7.99. The number of cyclic esters (lactones) is 1. The zero-order valence-electron chi connectivity index (χ0n) is 41.6. The number of amides is 5. The molecule has 4 aliphatic heterocycles. The summed E-state index contributed by atoms with van der Waals surface area (Å²) in [6, 6.07) is 17.3. The third-order valence-electron chi connectivity index (χ3n) is 11.6. The van der Waals surface area contributed by atoms with Crippen molar-refractivity contribution >= 4 is 70.0 Å². The summed E-state index contributed by atoms with van der Waals surface area (Å²) in [5.74, 6) is -9.15. The molecule has 74 heavy (non-hydrogen) atoms. The first-order valence-electron chi connectivity index (χ1n) is 23.3. The van der Waals surface area contributed by atoms with Gasteiger partial charge in [-0.1, -0.05) is 65.8 Å². The molecule has 4 aromatic rings. The molecule has 388 valence electrons. The second kappa shape index (κ2) is 18.2. The van der Waals surface area contributed by atoms with E-state index in [2.05, 4.69) is 25.1 Å². The van der Waals surface area contributed by atoms with E-state index in [-0.39, 0.29) is 40.6 Å². The molecule has 9 rings (SSSR count). The molecule has 5 amide bonds. The lowest BCUT2D eigenvalue weighted by Crippen LogP contribution is -2.59. The molecule has 1 saturated carbocycles. The number of carbonyl (C=O) groups excluding carboxylic acids is 8. The average molecular weight is 1040 g/mol. The zero-order chi connectivity index (χ0) is 53.3. The van der Waals surface area contributed by atoms with Gasteiger partial charge in [0.25, 0.3) is 23.6 Å². The van der Waals surface area contributed by atoms with Gasteiger partial charge in [0.2, 0.25) is 22.3 Å². The molecule has 23 nitrogen and oxygen atoms in total. The van der Waals surface area contributed by atoms with E-state index in [0.29, 0.717) is 32.6 Å². The van der Waals surface area contributed by atoms with Crippen LogP contribution in [0.15, 0.2) is 78.0 Å². The average Bonchev–Trinajstić information content (AvgIpc) is 3.63. The molecular weight excluding hydrogens is 987 g/mol. The molecule has 1 aliphatic carbocycles. The molecule has 3 aromatic carbocycles. The Bertz CT molecular complexity index is 2940. The van der Waals surface area contributed by atoms with E-state index in [1.165, 1.54) is 32.9 Å². The lowest BCUT2D eigenvalue weighted by Gasteiger charge is -2.35. The molecule has 0 spiro atoms. The maximum atomic E-state index is 14.5. The number of aromatic nitrogens is 2. The van der Waals surface area contributed by atoms with Crippen molar-refractivity contribution in [3.63, 3.8) is 0 Å². The number of ether oxygens (including phenoxy) is 6. The standard InChI is InChI=1S/C50H51N7O16S/c1-45(2,3)70-41(63)48(20-21-48)73-54-34(35-52-43(74-55-35)53-44(65)72-47(7,8)9)36(58)51-30-25-66-57(39(30)61)49(42(64)71-46(4,5)6)24-31(40(62)69-49)56-37(59)28-22-32-33(23-29(28)38(56)60)68-50(67-32,26-16-12-10-13-17-26)27-18-14-11-15-19-27/h10-19,22-23,30-31H,20-21,24-25H2,1-9H3,(H,51,58)(H,52,53,55,65)/b54-34-/t30-,31-,49?/m0/s1. The Morgan fingerprint density at radius 1 is 0.743 bits per heavy atom. The van der Waals surface area contributed by atoms with Crippen LogP contribution in [0.1, 0.15) is 119 Å². The van der Waals surface area contributed by atoms with Crippen LogP contribution in [0.3, 0.4) is 0 Å². The number of imide groups is 1. The van der Waals surface area contributed by atoms with Crippen LogP contribution in [0.25, 0.3) is 0 Å². The maximum Gasteiger partial charge on any atom is 0.414 e. The number of hydrogen-bond acceptors (Lipinski definition) is 20. The number of esters is 3. The molecule has 5 aliphatic rings. The Morgan fingerprint density at radius 3 is 1.81 bits per heavy atom. The summed E-state index contributed by atoms with van der Waals surface area (Å²) in [4.78, 5) is 128. The third-order valence-corrected chi connectivity index (χ3v) is 12.2. The molecular formula is C50H51N7O16S. The zero-order valence-corrected chi connectivity index (χ0v) is 42.4. The summed E-state index contributed by atoms with van der Waals surface area (Å²) < 4.78 is 39.3. The summed E-state index contributed by atoms with van der Waals surface area (Å²) in [5.41, 5.74) is -7.04. The fourth-order valence-electron chi connectivity index (χ4n) is 8.20. The highest BCUT2D eigenvalue weighted by molar-refractivity contribution is 7.10. The highest BCUT2D eigenvalue weighted by Gasteiger charge is 2.66. The second-order valence-electron chi connectivity index (χ2n) is 20.8. The van der Waals surface area contributed by atoms with Crippen LogP contribution in [0.2, 0.25) is 0 Å². The highest BCUT2D eigenvalue weighted by atomic mass is 32.1. The van der Waals surface area contributed by atoms with Crippen molar-refractivity contribution in [2.24, 2.45) is 5.16 Å². The largest absolute Gasteiger partial charge is 0.457 e. The van der Waals surface area contributed by atoms with Crippen LogP contribution < -0.4 is 20.1 Å². The van der Waals surface area contributed by atoms with Crippen LogP contribution >= 0.6 is 11.5 Å². The van der Waals surface area contributed by atoms with Crippen LogP contribution in [-0.2, 0) is 58.4 Å². The lowest BCUT2D eigenvalue weighted by molar-refractivity contribution is -0.263. The van der Waals surface area contributed by atoms with Crippen molar-refractivity contribution in [3.05, 3.63) is 101 Å². The number of rotatable bonds is 12. The Morgan fingerprint density at radius 2 is 1.28 bits per heavy atom. The van der Waals surface area contributed by atoms with Crippen LogP contribution in [0.5, 0.6) is 11.5 Å². The van der Waals surface area contributed by atoms with Gasteiger partial charge in [-0.05, 0) is 74.4 Å². The molecule has 0 bridgehead atoms. The monoisotopic (exact) mass is 1040 g/mol.